The van der Waals surface area contributed by atoms with Crippen LogP contribution in [0.2, 0.25) is 0 Å². The summed E-state index contributed by atoms with van der Waals surface area (Å²) in [4.78, 5) is 12.8. The van der Waals surface area contributed by atoms with Crippen LogP contribution in [0.1, 0.15) is 0 Å². The predicted octanol–water partition coefficient (Wildman–Crippen LogP) is 3.96. The molecule has 1 fully saturated rings. The largest absolute Gasteiger partial charge is 0.368 e. The molecule has 0 atom stereocenters. The van der Waals surface area contributed by atoms with Gasteiger partial charge in [-0.05, 0) is 42.5 Å². The van der Waals surface area contributed by atoms with Crippen molar-refractivity contribution in [3.8, 4) is 0 Å². The van der Waals surface area contributed by atoms with Gasteiger partial charge in [-0.1, -0.05) is 0 Å². The van der Waals surface area contributed by atoms with Crippen LogP contribution in [0.3, 0.4) is 0 Å². The van der Waals surface area contributed by atoms with Crippen molar-refractivity contribution in [3.05, 3.63) is 72.2 Å². The van der Waals surface area contributed by atoms with E-state index in [1.54, 1.807) is 24.4 Å². The molecule has 1 aliphatic heterocycles. The van der Waals surface area contributed by atoms with E-state index in [4.69, 9.17) is 0 Å². The van der Waals surface area contributed by atoms with Crippen LogP contribution in [0, 0.1) is 17.5 Å². The zero-order valence-electron chi connectivity index (χ0n) is 14.9. The van der Waals surface area contributed by atoms with Crippen LogP contribution in [0.25, 0.3) is 0 Å². The number of piperazine rings is 1. The molecule has 0 unspecified atom stereocenters. The Morgan fingerprint density at radius 2 is 1.46 bits per heavy atom. The number of halogens is 3. The number of hydrogen-bond acceptors (Lipinski definition) is 5. The fraction of sp³-hybridized carbons (Fsp3) is 0.200. The molecule has 0 bridgehead atoms. The van der Waals surface area contributed by atoms with Crippen LogP contribution in [0.15, 0.2) is 54.7 Å². The second-order valence-electron chi connectivity index (χ2n) is 6.44. The van der Waals surface area contributed by atoms with E-state index < -0.39 is 11.6 Å². The first-order chi connectivity index (χ1) is 13.6. The minimum absolute atomic E-state index is 0.111. The summed E-state index contributed by atoms with van der Waals surface area (Å²) in [5, 5.41) is 2.78. The molecule has 0 radical (unpaired) electrons. The van der Waals surface area contributed by atoms with Gasteiger partial charge in [-0.3, -0.25) is 0 Å². The molecule has 2 heterocycles. The second-order valence-corrected chi connectivity index (χ2v) is 6.44. The third-order valence-electron chi connectivity index (χ3n) is 4.61. The van der Waals surface area contributed by atoms with E-state index in [-0.39, 0.29) is 17.5 Å². The van der Waals surface area contributed by atoms with Gasteiger partial charge in [0.1, 0.15) is 23.3 Å². The minimum Gasteiger partial charge on any atom is -0.368 e. The molecule has 1 saturated heterocycles. The zero-order valence-corrected chi connectivity index (χ0v) is 14.9. The van der Waals surface area contributed by atoms with E-state index in [0.29, 0.717) is 0 Å². The van der Waals surface area contributed by atoms with Crippen molar-refractivity contribution in [1.82, 2.24) is 9.97 Å². The molecule has 1 aromatic heterocycles. The number of nitrogens with zero attached hydrogens (tertiary/aromatic N) is 4. The van der Waals surface area contributed by atoms with E-state index in [1.807, 2.05) is 0 Å². The zero-order chi connectivity index (χ0) is 19.5. The number of hydrogen-bond donors (Lipinski definition) is 1. The first kappa shape index (κ1) is 18.1. The van der Waals surface area contributed by atoms with Crippen LogP contribution >= 0.6 is 0 Å². The normalized spacial score (nSPS) is 14.2. The smallest absolute Gasteiger partial charge is 0.229 e. The van der Waals surface area contributed by atoms with E-state index in [2.05, 4.69) is 25.1 Å². The fourth-order valence-electron chi connectivity index (χ4n) is 3.14. The number of aromatic nitrogens is 2. The van der Waals surface area contributed by atoms with Gasteiger partial charge < -0.3 is 15.1 Å². The Bertz CT molecular complexity index is 956. The van der Waals surface area contributed by atoms with Crippen molar-refractivity contribution in [1.29, 1.82) is 0 Å². The molecule has 1 aliphatic rings. The van der Waals surface area contributed by atoms with Crippen molar-refractivity contribution in [3.63, 3.8) is 0 Å². The maximum Gasteiger partial charge on any atom is 0.229 e. The summed E-state index contributed by atoms with van der Waals surface area (Å²) in [6.45, 7) is 3.01. The highest BCUT2D eigenvalue weighted by atomic mass is 19.1. The minimum atomic E-state index is -0.707. The van der Waals surface area contributed by atoms with E-state index in [9.17, 15) is 13.2 Å². The summed E-state index contributed by atoms with van der Waals surface area (Å²) in [6.07, 6.45) is 1.60. The summed E-state index contributed by atoms with van der Waals surface area (Å²) in [7, 11) is 0. The van der Waals surface area contributed by atoms with Crippen LogP contribution in [-0.4, -0.2) is 36.1 Å². The average Bonchev–Trinajstić information content (AvgIpc) is 2.71. The number of nitrogens with one attached hydrogen (secondary N) is 1. The van der Waals surface area contributed by atoms with E-state index in [1.165, 1.54) is 24.3 Å². The van der Waals surface area contributed by atoms with Gasteiger partial charge in [0.05, 0.1) is 5.69 Å². The lowest BCUT2D eigenvalue weighted by Crippen LogP contribution is -2.46. The van der Waals surface area contributed by atoms with Crippen molar-refractivity contribution in [2.75, 3.05) is 41.3 Å². The van der Waals surface area contributed by atoms with E-state index >= 15 is 0 Å². The Balaban J connectivity index is 1.43. The lowest BCUT2D eigenvalue weighted by atomic mass is 10.2. The van der Waals surface area contributed by atoms with Gasteiger partial charge in [0.25, 0.3) is 0 Å². The highest BCUT2D eigenvalue weighted by Gasteiger charge is 2.19. The van der Waals surface area contributed by atoms with Gasteiger partial charge in [-0.2, -0.15) is 4.98 Å². The van der Waals surface area contributed by atoms with Gasteiger partial charge in [-0.15, -0.1) is 0 Å². The van der Waals surface area contributed by atoms with Gasteiger partial charge in [0, 0.05) is 44.1 Å². The van der Waals surface area contributed by atoms with Crippen molar-refractivity contribution >= 4 is 23.1 Å². The molecule has 4 rings (SSSR count). The van der Waals surface area contributed by atoms with Gasteiger partial charge in [0.15, 0.2) is 0 Å². The van der Waals surface area contributed by atoms with Crippen molar-refractivity contribution in [2.24, 2.45) is 0 Å². The summed E-state index contributed by atoms with van der Waals surface area (Å²) in [5.74, 6) is -0.637. The Hall–Kier alpha value is -3.29. The molecule has 0 aliphatic carbocycles. The Labute approximate surface area is 160 Å². The third kappa shape index (κ3) is 4.00. The van der Waals surface area contributed by atoms with Crippen LogP contribution < -0.4 is 15.1 Å². The second kappa shape index (κ2) is 7.75. The molecule has 0 amide bonds. The van der Waals surface area contributed by atoms with Crippen molar-refractivity contribution in [2.45, 2.75) is 0 Å². The standard InChI is InChI=1S/C20H18F3N5/c21-14-1-4-16(5-2-14)27-9-11-28(12-10-27)19-7-8-24-20(26-19)25-18-6-3-15(22)13-17(18)23/h1-8,13H,9-12H2,(H,24,25,26). The SMILES string of the molecule is Fc1ccc(N2CCN(c3ccnc(Nc4ccc(F)cc4F)n3)CC2)cc1. The van der Waals surface area contributed by atoms with Crippen LogP contribution in [-0.2, 0) is 0 Å². The summed E-state index contributed by atoms with van der Waals surface area (Å²) in [5.41, 5.74) is 1.09. The molecule has 3 aromatic rings. The summed E-state index contributed by atoms with van der Waals surface area (Å²) in [6, 6.07) is 11.5. The van der Waals surface area contributed by atoms with Crippen LogP contribution in [0.5, 0.6) is 0 Å². The average molecular weight is 385 g/mol. The maximum atomic E-state index is 13.8. The van der Waals surface area contributed by atoms with Crippen LogP contribution in [0.4, 0.5) is 36.3 Å². The molecule has 1 N–H and O–H groups in total. The first-order valence-corrected chi connectivity index (χ1v) is 8.89. The highest BCUT2D eigenvalue weighted by molar-refractivity contribution is 5.56. The Morgan fingerprint density at radius 3 is 2.18 bits per heavy atom. The lowest BCUT2D eigenvalue weighted by molar-refractivity contribution is 0.586. The molecule has 0 saturated carbocycles. The first-order valence-electron chi connectivity index (χ1n) is 8.89. The molecular weight excluding hydrogens is 367 g/mol. The summed E-state index contributed by atoms with van der Waals surface area (Å²) < 4.78 is 39.9. The van der Waals surface area contributed by atoms with Gasteiger partial charge in [-0.25, -0.2) is 18.2 Å². The molecule has 2 aromatic carbocycles. The van der Waals surface area contributed by atoms with Gasteiger partial charge in [0.2, 0.25) is 5.95 Å². The Morgan fingerprint density at radius 1 is 0.786 bits per heavy atom. The number of rotatable bonds is 4. The molecule has 8 heteroatoms. The topological polar surface area (TPSA) is 44.3 Å². The third-order valence-corrected chi connectivity index (χ3v) is 4.61. The van der Waals surface area contributed by atoms with Crippen molar-refractivity contribution < 1.29 is 13.2 Å². The predicted molar refractivity (Wildman–Crippen MR) is 102 cm³/mol. The highest BCUT2D eigenvalue weighted by Crippen LogP contribution is 2.22. The van der Waals surface area contributed by atoms with Gasteiger partial charge >= 0.3 is 0 Å². The fourth-order valence-corrected chi connectivity index (χ4v) is 3.14. The number of anilines is 4. The number of benzene rings is 2. The van der Waals surface area contributed by atoms with E-state index in [0.717, 1.165) is 43.8 Å². The molecule has 5 nitrogen and oxygen atoms in total. The molecular formula is C20H18F3N5. The lowest BCUT2D eigenvalue weighted by Gasteiger charge is -2.36. The molecule has 28 heavy (non-hydrogen) atoms. The maximum absolute atomic E-state index is 13.8. The summed E-state index contributed by atoms with van der Waals surface area (Å²) >= 11 is 0. The monoisotopic (exact) mass is 385 g/mol. The Kier molecular flexibility index (Phi) is 5.01. The molecule has 0 spiro atoms. The quantitative estimate of drug-likeness (QED) is 0.736. The molecule has 144 valence electrons.